The number of rotatable bonds is 8. The van der Waals surface area contributed by atoms with Crippen LogP contribution in [0.25, 0.3) is 0 Å². The molecule has 5 heteroatoms. The van der Waals surface area contributed by atoms with Crippen LogP contribution < -0.4 is 14.8 Å². The third kappa shape index (κ3) is 5.68. The van der Waals surface area contributed by atoms with Gasteiger partial charge in [0.2, 0.25) is 0 Å². The van der Waals surface area contributed by atoms with Gasteiger partial charge in [-0.15, -0.1) is 19.0 Å². The lowest BCUT2D eigenvalue weighted by atomic mass is 10.2. The fraction of sp³-hybridized carbons (Fsp3) is 0.286. The summed E-state index contributed by atoms with van der Waals surface area (Å²) in [5, 5.41) is 3.24. The third-order valence-corrected chi connectivity index (χ3v) is 2.84. The minimum Gasteiger partial charge on any atom is -0.493 e. The van der Waals surface area contributed by atoms with Crippen LogP contribution in [-0.2, 0) is 6.54 Å². The van der Waals surface area contributed by atoms with Crippen molar-refractivity contribution in [3.63, 3.8) is 0 Å². The van der Waals surface area contributed by atoms with Crippen LogP contribution in [0.15, 0.2) is 41.9 Å². The highest BCUT2D eigenvalue weighted by Gasteiger charge is 2.10. The molecule has 1 aromatic carbocycles. The molecule has 106 valence electrons. The van der Waals surface area contributed by atoms with E-state index < -0.39 is 0 Å². The monoisotopic (exact) mass is 347 g/mol. The average molecular weight is 349 g/mol. The van der Waals surface area contributed by atoms with Crippen LogP contribution >= 0.6 is 28.3 Å². The van der Waals surface area contributed by atoms with Gasteiger partial charge in [-0.25, -0.2) is 0 Å². The number of ether oxygens (including phenoxy) is 2. The molecule has 0 spiro atoms. The molecule has 0 aliphatic rings. The van der Waals surface area contributed by atoms with E-state index in [0.717, 1.165) is 23.1 Å². The molecule has 0 bridgehead atoms. The Morgan fingerprint density at radius 3 is 2.63 bits per heavy atom. The number of methoxy groups -OCH3 is 1. The fourth-order valence-corrected chi connectivity index (χ4v) is 2.08. The number of benzene rings is 1. The lowest BCUT2D eigenvalue weighted by molar-refractivity contribution is 0.324. The summed E-state index contributed by atoms with van der Waals surface area (Å²) in [6.45, 7) is 9.27. The molecule has 1 rings (SSSR count). The van der Waals surface area contributed by atoms with Gasteiger partial charge in [0.05, 0.1) is 11.6 Å². The van der Waals surface area contributed by atoms with Crippen molar-refractivity contribution in [2.75, 3.05) is 20.3 Å². The summed E-state index contributed by atoms with van der Waals surface area (Å²) in [5.74, 6) is 1.41. The molecule has 0 radical (unpaired) electrons. The Morgan fingerprint density at radius 2 is 2.05 bits per heavy atom. The van der Waals surface area contributed by atoms with Crippen LogP contribution in [0.3, 0.4) is 0 Å². The maximum Gasteiger partial charge on any atom is 0.175 e. The fourth-order valence-electron chi connectivity index (χ4n) is 1.48. The molecule has 0 fully saturated rings. The largest absolute Gasteiger partial charge is 0.493 e. The SMILES string of the molecule is C=CCNCc1cc(Br)c(OCC=C)c(OC)c1.Cl. The van der Waals surface area contributed by atoms with Crippen LogP contribution in [0.4, 0.5) is 0 Å². The minimum atomic E-state index is 0. The van der Waals surface area contributed by atoms with Gasteiger partial charge in [-0.05, 0) is 33.6 Å². The first kappa shape index (κ1) is 18.0. The molecule has 0 aromatic heterocycles. The molecular formula is C14H19BrClNO2. The lowest BCUT2D eigenvalue weighted by Gasteiger charge is -2.13. The van der Waals surface area contributed by atoms with Gasteiger partial charge in [0, 0.05) is 13.1 Å². The Morgan fingerprint density at radius 1 is 1.32 bits per heavy atom. The van der Waals surface area contributed by atoms with Gasteiger partial charge in [0.15, 0.2) is 11.5 Å². The van der Waals surface area contributed by atoms with E-state index in [1.54, 1.807) is 13.2 Å². The van der Waals surface area contributed by atoms with Gasteiger partial charge >= 0.3 is 0 Å². The van der Waals surface area contributed by atoms with E-state index in [1.807, 2.05) is 18.2 Å². The zero-order valence-corrected chi connectivity index (χ0v) is 13.4. The molecule has 0 amide bonds. The van der Waals surface area contributed by atoms with Gasteiger partial charge in [-0.2, -0.15) is 0 Å². The van der Waals surface area contributed by atoms with Crippen molar-refractivity contribution in [1.82, 2.24) is 5.32 Å². The molecular weight excluding hydrogens is 330 g/mol. The summed E-state index contributed by atoms with van der Waals surface area (Å²) < 4.78 is 11.8. The molecule has 0 saturated heterocycles. The zero-order chi connectivity index (χ0) is 13.4. The van der Waals surface area contributed by atoms with Crippen molar-refractivity contribution in [2.24, 2.45) is 0 Å². The van der Waals surface area contributed by atoms with E-state index in [9.17, 15) is 0 Å². The molecule has 1 aromatic rings. The van der Waals surface area contributed by atoms with Crippen molar-refractivity contribution < 1.29 is 9.47 Å². The normalized spacial score (nSPS) is 9.37. The molecule has 3 nitrogen and oxygen atoms in total. The van der Waals surface area contributed by atoms with Crippen molar-refractivity contribution >= 4 is 28.3 Å². The highest BCUT2D eigenvalue weighted by molar-refractivity contribution is 9.10. The molecule has 0 aliphatic carbocycles. The third-order valence-electron chi connectivity index (χ3n) is 2.25. The van der Waals surface area contributed by atoms with E-state index in [-0.39, 0.29) is 12.4 Å². The van der Waals surface area contributed by atoms with Gasteiger partial charge < -0.3 is 14.8 Å². The average Bonchev–Trinajstić information content (AvgIpc) is 2.37. The second-order valence-electron chi connectivity index (χ2n) is 3.63. The zero-order valence-electron chi connectivity index (χ0n) is 10.9. The Kier molecular flexibility index (Phi) is 9.39. The molecule has 1 N–H and O–H groups in total. The van der Waals surface area contributed by atoms with E-state index in [4.69, 9.17) is 9.47 Å². The highest BCUT2D eigenvalue weighted by atomic mass is 79.9. The van der Waals surface area contributed by atoms with Crippen molar-refractivity contribution in [3.05, 3.63) is 47.5 Å². The summed E-state index contributed by atoms with van der Waals surface area (Å²) in [5.41, 5.74) is 1.12. The van der Waals surface area contributed by atoms with Crippen LogP contribution in [0.5, 0.6) is 11.5 Å². The Balaban J connectivity index is 0.00000324. The summed E-state index contributed by atoms with van der Waals surface area (Å²) >= 11 is 3.49. The van der Waals surface area contributed by atoms with Gasteiger partial charge in [-0.1, -0.05) is 18.7 Å². The first-order chi connectivity index (χ1) is 8.72. The molecule has 0 unspecified atom stereocenters. The lowest BCUT2D eigenvalue weighted by Crippen LogP contribution is -2.12. The summed E-state index contributed by atoms with van der Waals surface area (Å²) in [6.07, 6.45) is 3.53. The summed E-state index contributed by atoms with van der Waals surface area (Å²) in [6, 6.07) is 3.97. The topological polar surface area (TPSA) is 30.5 Å². The molecule has 0 atom stereocenters. The van der Waals surface area contributed by atoms with Crippen LogP contribution in [-0.4, -0.2) is 20.3 Å². The van der Waals surface area contributed by atoms with Crippen molar-refractivity contribution in [1.29, 1.82) is 0 Å². The Labute approximate surface area is 129 Å². The molecule has 0 heterocycles. The molecule has 0 aliphatic heterocycles. The van der Waals surface area contributed by atoms with Crippen LogP contribution in [0, 0.1) is 0 Å². The van der Waals surface area contributed by atoms with Crippen LogP contribution in [0.2, 0.25) is 0 Å². The molecule has 19 heavy (non-hydrogen) atoms. The van der Waals surface area contributed by atoms with E-state index >= 15 is 0 Å². The first-order valence-corrected chi connectivity index (χ1v) is 6.44. The standard InChI is InChI=1S/C14H18BrNO2.ClH/c1-4-6-16-10-11-8-12(15)14(18-7-5-2)13(9-11)17-3;/h4-5,8-9,16H,1-2,6-7,10H2,3H3;1H. The second-order valence-corrected chi connectivity index (χ2v) is 4.48. The predicted octanol–water partition coefficient (Wildman–Crippen LogP) is 3.72. The maximum absolute atomic E-state index is 5.56. The molecule has 0 saturated carbocycles. The number of hydrogen-bond donors (Lipinski definition) is 1. The second kappa shape index (κ2) is 9.89. The van der Waals surface area contributed by atoms with E-state index in [2.05, 4.69) is 34.4 Å². The van der Waals surface area contributed by atoms with Crippen molar-refractivity contribution in [3.8, 4) is 11.5 Å². The number of nitrogens with one attached hydrogen (secondary N) is 1. The number of hydrogen-bond acceptors (Lipinski definition) is 3. The predicted molar refractivity (Wildman–Crippen MR) is 85.5 cm³/mol. The maximum atomic E-state index is 5.56. The van der Waals surface area contributed by atoms with E-state index in [1.165, 1.54) is 0 Å². The summed E-state index contributed by atoms with van der Waals surface area (Å²) in [4.78, 5) is 0. The highest BCUT2D eigenvalue weighted by Crippen LogP contribution is 2.36. The van der Waals surface area contributed by atoms with Gasteiger partial charge in [-0.3, -0.25) is 0 Å². The Bertz CT molecular complexity index is 424. The quantitative estimate of drug-likeness (QED) is 0.574. The van der Waals surface area contributed by atoms with Gasteiger partial charge in [0.25, 0.3) is 0 Å². The first-order valence-electron chi connectivity index (χ1n) is 5.64. The number of halogens is 2. The van der Waals surface area contributed by atoms with Gasteiger partial charge in [0.1, 0.15) is 6.61 Å². The summed E-state index contributed by atoms with van der Waals surface area (Å²) in [7, 11) is 1.63. The minimum absolute atomic E-state index is 0. The van der Waals surface area contributed by atoms with Crippen molar-refractivity contribution in [2.45, 2.75) is 6.54 Å². The van der Waals surface area contributed by atoms with E-state index in [0.29, 0.717) is 18.1 Å². The Hall–Kier alpha value is -0.970. The smallest absolute Gasteiger partial charge is 0.175 e. The van der Waals surface area contributed by atoms with Crippen LogP contribution in [0.1, 0.15) is 5.56 Å².